The van der Waals surface area contributed by atoms with E-state index in [4.69, 9.17) is 14.3 Å². The molecule has 0 amide bonds. The smallest absolute Gasteiger partial charge is 0.395 e. The van der Waals surface area contributed by atoms with Crippen molar-refractivity contribution in [2.45, 2.75) is 18.7 Å². The van der Waals surface area contributed by atoms with Gasteiger partial charge in [-0.1, -0.05) is 11.2 Å². The van der Waals surface area contributed by atoms with E-state index in [9.17, 15) is 14.3 Å². The Morgan fingerprint density at radius 3 is 3.04 bits per heavy atom. The molecule has 0 saturated heterocycles. The van der Waals surface area contributed by atoms with E-state index in [2.05, 4.69) is 26.1 Å². The van der Waals surface area contributed by atoms with E-state index in [0.717, 1.165) is 5.56 Å². The van der Waals surface area contributed by atoms with Gasteiger partial charge in [0.2, 0.25) is 11.6 Å². The van der Waals surface area contributed by atoms with E-state index in [-0.39, 0.29) is 37.0 Å². The average Bonchev–Trinajstić information content (AvgIpc) is 3.28. The highest BCUT2D eigenvalue weighted by Gasteiger charge is 2.34. The first-order chi connectivity index (χ1) is 13.6. The van der Waals surface area contributed by atoms with Crippen LogP contribution in [-0.2, 0) is 6.42 Å². The van der Waals surface area contributed by atoms with Crippen molar-refractivity contribution < 1.29 is 23.8 Å². The molecule has 0 aliphatic heterocycles. The molecule has 12 heteroatoms. The van der Waals surface area contributed by atoms with E-state index in [1.165, 1.54) is 16.7 Å². The summed E-state index contributed by atoms with van der Waals surface area (Å²) in [5.74, 6) is -0.894. The van der Waals surface area contributed by atoms with Gasteiger partial charge in [-0.05, 0) is 40.0 Å². The molecule has 0 fully saturated rings. The van der Waals surface area contributed by atoms with Crippen molar-refractivity contribution >= 4 is 5.82 Å². The molecule has 2 aromatic heterocycles. The summed E-state index contributed by atoms with van der Waals surface area (Å²) in [4.78, 5) is 12.2. The minimum atomic E-state index is -0.960. The largest absolute Gasteiger partial charge is 0.442 e. The number of nitrogens with zero attached hydrogens (tertiary/aromatic N) is 4. The van der Waals surface area contributed by atoms with Gasteiger partial charge in [0.1, 0.15) is 12.0 Å². The van der Waals surface area contributed by atoms with Crippen LogP contribution in [0.5, 0.6) is 0 Å². The maximum absolute atomic E-state index is 13.6. The summed E-state index contributed by atoms with van der Waals surface area (Å²) in [6, 6.07) is 3.97. The van der Waals surface area contributed by atoms with Crippen molar-refractivity contribution in [1.29, 1.82) is 0 Å². The van der Waals surface area contributed by atoms with Gasteiger partial charge in [0.15, 0.2) is 5.69 Å². The van der Waals surface area contributed by atoms with Crippen LogP contribution in [0.2, 0.25) is 0 Å². The van der Waals surface area contributed by atoms with Gasteiger partial charge in [0, 0.05) is 6.54 Å². The topological polar surface area (TPSA) is 151 Å². The zero-order valence-corrected chi connectivity index (χ0v) is 14.5. The quantitative estimate of drug-likeness (QED) is 0.369. The molecule has 4 rings (SSSR count). The first-order valence-corrected chi connectivity index (χ1v) is 8.54. The van der Waals surface area contributed by atoms with Crippen LogP contribution in [0.15, 0.2) is 32.1 Å². The molecule has 2 atom stereocenters. The Bertz CT molecular complexity index is 1030. The number of aliphatic hydroxyl groups is 2. The van der Waals surface area contributed by atoms with Crippen molar-refractivity contribution in [2.75, 3.05) is 25.0 Å². The number of benzene rings is 1. The number of rotatable bonds is 8. The Morgan fingerprint density at radius 1 is 1.36 bits per heavy atom. The van der Waals surface area contributed by atoms with E-state index < -0.39 is 23.8 Å². The van der Waals surface area contributed by atoms with Crippen LogP contribution in [0.1, 0.15) is 17.2 Å². The number of fused-ring (bicyclic) bond motifs is 1. The molecular weight excluding hydrogens is 375 g/mol. The number of aromatic nitrogens is 4. The molecule has 2 heterocycles. The second-order valence-electron chi connectivity index (χ2n) is 6.24. The molecule has 1 aliphatic rings. The molecule has 0 saturated carbocycles. The van der Waals surface area contributed by atoms with Crippen molar-refractivity contribution in [2.24, 2.45) is 0 Å². The van der Waals surface area contributed by atoms with Crippen LogP contribution in [0.4, 0.5) is 10.2 Å². The van der Waals surface area contributed by atoms with E-state index in [1.54, 1.807) is 6.07 Å². The van der Waals surface area contributed by atoms with Gasteiger partial charge in [-0.3, -0.25) is 9.84 Å². The molecule has 11 nitrogen and oxygen atoms in total. The minimum Gasteiger partial charge on any atom is -0.395 e. The van der Waals surface area contributed by atoms with Crippen molar-refractivity contribution in [3.05, 3.63) is 45.7 Å². The molecule has 1 aromatic carbocycles. The van der Waals surface area contributed by atoms with E-state index >= 15 is 0 Å². The first kappa shape index (κ1) is 18.3. The third kappa shape index (κ3) is 3.28. The molecule has 3 aromatic rings. The lowest BCUT2D eigenvalue weighted by Crippen LogP contribution is -2.37. The Balaban J connectivity index is 1.59. The second kappa shape index (κ2) is 7.50. The summed E-state index contributed by atoms with van der Waals surface area (Å²) in [5.41, 5.74) is 1.71. The number of anilines is 1. The van der Waals surface area contributed by atoms with Gasteiger partial charge in [0.25, 0.3) is 0 Å². The maximum Gasteiger partial charge on any atom is 0.442 e. The summed E-state index contributed by atoms with van der Waals surface area (Å²) < 4.78 is 24.4. The monoisotopic (exact) mass is 392 g/mol. The fourth-order valence-electron chi connectivity index (χ4n) is 3.12. The van der Waals surface area contributed by atoms with Crippen molar-refractivity contribution in [3.63, 3.8) is 0 Å². The molecule has 0 spiro atoms. The number of halogens is 1. The van der Waals surface area contributed by atoms with Gasteiger partial charge in [-0.15, -0.1) is 0 Å². The van der Waals surface area contributed by atoms with Gasteiger partial charge >= 0.3 is 5.76 Å². The van der Waals surface area contributed by atoms with Crippen molar-refractivity contribution in [3.8, 4) is 11.5 Å². The molecule has 0 bridgehead atoms. The first-order valence-electron chi connectivity index (χ1n) is 8.54. The van der Waals surface area contributed by atoms with Crippen LogP contribution in [0, 0.1) is 5.82 Å². The van der Waals surface area contributed by atoms with Crippen LogP contribution < -0.4 is 16.4 Å². The Hall–Kier alpha value is -3.09. The maximum atomic E-state index is 13.6. The third-order valence-electron chi connectivity index (χ3n) is 4.48. The predicted molar refractivity (Wildman–Crippen MR) is 91.9 cm³/mol. The molecule has 4 N–H and O–H groups in total. The van der Waals surface area contributed by atoms with Crippen molar-refractivity contribution in [1.82, 2.24) is 25.4 Å². The molecule has 1 unspecified atom stereocenters. The Morgan fingerprint density at radius 2 is 2.21 bits per heavy atom. The van der Waals surface area contributed by atoms with E-state index in [1.807, 2.05) is 0 Å². The third-order valence-corrected chi connectivity index (χ3v) is 4.48. The number of aliphatic hydroxyl groups excluding tert-OH is 2. The summed E-state index contributed by atoms with van der Waals surface area (Å²) >= 11 is 0. The normalized spacial score (nSPS) is 16.5. The van der Waals surface area contributed by atoms with Gasteiger partial charge in [-0.2, -0.15) is 0 Å². The minimum absolute atomic E-state index is 0.0285. The average molecular weight is 392 g/mol. The zero-order chi connectivity index (χ0) is 19.7. The highest BCUT2D eigenvalue weighted by molar-refractivity contribution is 5.65. The number of hydrogen-bond donors (Lipinski definition) is 4. The predicted octanol–water partition coefficient (Wildman–Crippen LogP) is -0.517. The molecule has 148 valence electrons. The summed E-state index contributed by atoms with van der Waals surface area (Å²) in [6.45, 7) is 0.122. The lowest BCUT2D eigenvalue weighted by atomic mass is 9.83. The standard InChI is InChI=1S/C16H17FN6O5/c17-9-2-1-8-5-11(10(8)6-9)23-15(22-27-16(23)26)13-14(21-28-20-13)19-7-12(25)18-3-4-24/h1-2,6,11-12,18,24-25H,3-5,7H2,(H,19,21)/t11-,12?/m0/s1. The summed E-state index contributed by atoms with van der Waals surface area (Å²) in [5, 5.41) is 35.3. The number of nitrogens with one attached hydrogen (secondary N) is 2. The lowest BCUT2D eigenvalue weighted by molar-refractivity contribution is 0.139. The van der Waals surface area contributed by atoms with Gasteiger partial charge < -0.3 is 15.5 Å². The zero-order valence-electron chi connectivity index (χ0n) is 14.5. The number of hydrogen-bond acceptors (Lipinski definition) is 10. The van der Waals surface area contributed by atoms with Gasteiger partial charge in [-0.25, -0.2) is 18.4 Å². The van der Waals surface area contributed by atoms with Crippen LogP contribution in [0.3, 0.4) is 0 Å². The molecule has 0 radical (unpaired) electrons. The van der Waals surface area contributed by atoms with E-state index in [0.29, 0.717) is 12.0 Å². The SMILES string of the molecule is O=c1onc(-c2nonc2NCC(O)NCCO)n1[C@H]1Cc2ccc(F)cc21. The summed E-state index contributed by atoms with van der Waals surface area (Å²) in [7, 11) is 0. The Labute approximate surface area is 156 Å². The highest BCUT2D eigenvalue weighted by Crippen LogP contribution is 2.38. The van der Waals surface area contributed by atoms with Gasteiger partial charge in [0.05, 0.1) is 19.2 Å². The highest BCUT2D eigenvalue weighted by atomic mass is 19.1. The fourth-order valence-corrected chi connectivity index (χ4v) is 3.12. The van der Waals surface area contributed by atoms with Crippen LogP contribution >= 0.6 is 0 Å². The lowest BCUT2D eigenvalue weighted by Gasteiger charge is -2.30. The van der Waals surface area contributed by atoms with Crippen LogP contribution in [0.25, 0.3) is 11.5 Å². The Kier molecular flexibility index (Phi) is 4.90. The summed E-state index contributed by atoms with van der Waals surface area (Å²) in [6.07, 6.45) is -0.445. The molecule has 28 heavy (non-hydrogen) atoms. The fraction of sp³-hybridized carbons (Fsp3) is 0.375. The van der Waals surface area contributed by atoms with Crippen LogP contribution in [-0.4, -0.2) is 56.2 Å². The second-order valence-corrected chi connectivity index (χ2v) is 6.24. The molecule has 1 aliphatic carbocycles. The molecular formula is C16H17FN6O5.